The number of hydrogen-bond acceptors (Lipinski definition) is 5. The Balaban J connectivity index is 1.69. The number of anilines is 1. The van der Waals surface area contributed by atoms with Crippen LogP contribution in [-0.2, 0) is 11.3 Å². The molecule has 0 bridgehead atoms. The second-order valence-electron chi connectivity index (χ2n) is 8.32. The van der Waals surface area contributed by atoms with Gasteiger partial charge in [-0.25, -0.2) is 0 Å². The minimum atomic E-state index is -0.0530. The van der Waals surface area contributed by atoms with Crippen LogP contribution < -0.4 is 5.32 Å². The van der Waals surface area contributed by atoms with Crippen molar-refractivity contribution in [3.05, 3.63) is 71.5 Å². The summed E-state index contributed by atoms with van der Waals surface area (Å²) in [5.74, 6) is 1.63. The fourth-order valence-electron chi connectivity index (χ4n) is 3.32. The fraction of sp³-hybridized carbons (Fsp3) is 0.400. The van der Waals surface area contributed by atoms with Gasteiger partial charge in [-0.05, 0) is 56.6 Å². The number of thioether (sulfide) groups is 1. The van der Waals surface area contributed by atoms with Crippen molar-refractivity contribution >= 4 is 23.4 Å². The third-order valence-electron chi connectivity index (χ3n) is 5.79. The summed E-state index contributed by atoms with van der Waals surface area (Å²) in [5.41, 5.74) is 3.28. The number of hydrogen-bond donors (Lipinski definition) is 1. The van der Waals surface area contributed by atoms with Gasteiger partial charge in [-0.3, -0.25) is 9.69 Å². The number of nitrogens with one attached hydrogen (secondary N) is 1. The minimum Gasteiger partial charge on any atom is -0.325 e. The van der Waals surface area contributed by atoms with Crippen LogP contribution in [0.3, 0.4) is 0 Å². The van der Waals surface area contributed by atoms with Crippen LogP contribution in [0.15, 0.2) is 59.8 Å². The lowest BCUT2D eigenvalue weighted by molar-refractivity contribution is -0.113. The second-order valence-corrected chi connectivity index (χ2v) is 9.26. The van der Waals surface area contributed by atoms with Crippen LogP contribution in [-0.4, -0.2) is 45.4 Å². The van der Waals surface area contributed by atoms with Crippen molar-refractivity contribution in [1.82, 2.24) is 19.7 Å². The highest BCUT2D eigenvalue weighted by Crippen LogP contribution is 2.25. The van der Waals surface area contributed by atoms with Crippen molar-refractivity contribution in [2.45, 2.75) is 50.9 Å². The Morgan fingerprint density at radius 1 is 1.06 bits per heavy atom. The van der Waals surface area contributed by atoms with E-state index in [2.05, 4.69) is 70.0 Å². The average Bonchev–Trinajstić information content (AvgIpc) is 3.19. The lowest BCUT2D eigenvalue weighted by Gasteiger charge is -2.20. The Bertz CT molecular complexity index is 1000. The molecule has 0 saturated carbocycles. The van der Waals surface area contributed by atoms with E-state index < -0.39 is 0 Å². The summed E-state index contributed by atoms with van der Waals surface area (Å²) >= 11 is 1.41. The first-order valence-corrected chi connectivity index (χ1v) is 12.0. The number of carbonyl (C=O) groups is 1. The van der Waals surface area contributed by atoms with Crippen LogP contribution >= 0.6 is 11.8 Å². The Hall–Kier alpha value is -2.64. The Morgan fingerprint density at radius 2 is 1.75 bits per heavy atom. The molecule has 6 nitrogen and oxygen atoms in total. The van der Waals surface area contributed by atoms with Crippen LogP contribution in [0.5, 0.6) is 0 Å². The van der Waals surface area contributed by atoms with Crippen LogP contribution in [0.2, 0.25) is 0 Å². The average molecular weight is 452 g/mol. The van der Waals surface area contributed by atoms with Crippen molar-refractivity contribution in [1.29, 1.82) is 0 Å². The third kappa shape index (κ3) is 6.20. The zero-order valence-corrected chi connectivity index (χ0v) is 20.4. The van der Waals surface area contributed by atoms with Gasteiger partial charge < -0.3 is 9.88 Å². The largest absolute Gasteiger partial charge is 0.325 e. The van der Waals surface area contributed by atoms with Crippen LogP contribution in [0, 0.1) is 0 Å². The molecule has 1 amide bonds. The fourth-order valence-corrected chi connectivity index (χ4v) is 4.06. The van der Waals surface area contributed by atoms with E-state index in [9.17, 15) is 4.79 Å². The van der Waals surface area contributed by atoms with Crippen molar-refractivity contribution in [2.24, 2.45) is 0 Å². The predicted octanol–water partition coefficient (Wildman–Crippen LogP) is 5.19. The molecular weight excluding hydrogens is 418 g/mol. The number of carbonyl (C=O) groups excluding carboxylic acids is 1. The van der Waals surface area contributed by atoms with Crippen molar-refractivity contribution < 1.29 is 4.79 Å². The monoisotopic (exact) mass is 451 g/mol. The van der Waals surface area contributed by atoms with Crippen LogP contribution in [0.1, 0.15) is 56.1 Å². The number of aromatic nitrogens is 3. The first kappa shape index (κ1) is 24.0. The Kier molecular flexibility index (Phi) is 8.47. The quantitative estimate of drug-likeness (QED) is 0.430. The van der Waals surface area contributed by atoms with Gasteiger partial charge in [-0.1, -0.05) is 68.1 Å². The summed E-state index contributed by atoms with van der Waals surface area (Å²) in [6, 6.07) is 18.5. The summed E-state index contributed by atoms with van der Waals surface area (Å²) in [4.78, 5) is 14.7. The summed E-state index contributed by atoms with van der Waals surface area (Å²) in [5, 5.41) is 12.6. The molecule has 2 atom stereocenters. The SMILES string of the molecule is CC[C@@H](C)c1ccc(NC(=O)CSc2nnc([C@@H](C)N(C)C)n2Cc2ccccc2)cc1. The Labute approximate surface area is 195 Å². The highest BCUT2D eigenvalue weighted by atomic mass is 32.2. The molecule has 32 heavy (non-hydrogen) atoms. The molecule has 1 aromatic heterocycles. The van der Waals surface area contributed by atoms with E-state index in [1.165, 1.54) is 22.9 Å². The van der Waals surface area contributed by atoms with Gasteiger partial charge in [-0.15, -0.1) is 10.2 Å². The highest BCUT2D eigenvalue weighted by Gasteiger charge is 2.20. The number of amides is 1. The van der Waals surface area contributed by atoms with E-state index in [1.54, 1.807) is 0 Å². The van der Waals surface area contributed by atoms with Gasteiger partial charge in [0, 0.05) is 5.69 Å². The molecule has 1 heterocycles. The molecular formula is C25H33N5OS. The van der Waals surface area contributed by atoms with Crippen molar-refractivity contribution in [2.75, 3.05) is 25.2 Å². The number of nitrogens with zero attached hydrogens (tertiary/aromatic N) is 4. The van der Waals surface area contributed by atoms with Gasteiger partial charge in [0.15, 0.2) is 11.0 Å². The maximum Gasteiger partial charge on any atom is 0.234 e. The third-order valence-corrected chi connectivity index (χ3v) is 6.75. The molecule has 3 aromatic rings. The molecule has 0 aliphatic heterocycles. The maximum atomic E-state index is 12.6. The Morgan fingerprint density at radius 3 is 2.38 bits per heavy atom. The summed E-state index contributed by atoms with van der Waals surface area (Å²) in [6.45, 7) is 7.16. The van der Waals surface area contributed by atoms with Crippen molar-refractivity contribution in [3.63, 3.8) is 0 Å². The van der Waals surface area contributed by atoms with Gasteiger partial charge in [0.25, 0.3) is 0 Å². The highest BCUT2D eigenvalue weighted by molar-refractivity contribution is 7.99. The molecule has 0 fully saturated rings. The van der Waals surface area contributed by atoms with Crippen molar-refractivity contribution in [3.8, 4) is 0 Å². The van der Waals surface area contributed by atoms with Gasteiger partial charge in [0.1, 0.15) is 0 Å². The molecule has 0 spiro atoms. The first-order valence-electron chi connectivity index (χ1n) is 11.0. The van der Waals surface area contributed by atoms with E-state index >= 15 is 0 Å². The zero-order valence-electron chi connectivity index (χ0n) is 19.6. The topological polar surface area (TPSA) is 63.1 Å². The van der Waals surface area contributed by atoms with E-state index in [4.69, 9.17) is 0 Å². The number of benzene rings is 2. The summed E-state index contributed by atoms with van der Waals surface area (Å²) < 4.78 is 2.11. The van der Waals surface area contributed by atoms with E-state index in [0.29, 0.717) is 12.5 Å². The molecule has 0 radical (unpaired) electrons. The van der Waals surface area contributed by atoms with E-state index in [0.717, 1.165) is 23.1 Å². The molecule has 0 aliphatic carbocycles. The summed E-state index contributed by atoms with van der Waals surface area (Å²) in [6.07, 6.45) is 1.10. The van der Waals surface area contributed by atoms with Gasteiger partial charge in [0.05, 0.1) is 18.3 Å². The molecule has 7 heteroatoms. The van der Waals surface area contributed by atoms with E-state index in [1.807, 2.05) is 44.4 Å². The first-order chi connectivity index (χ1) is 15.4. The smallest absolute Gasteiger partial charge is 0.234 e. The molecule has 170 valence electrons. The van der Waals surface area contributed by atoms with Gasteiger partial charge >= 0.3 is 0 Å². The normalized spacial score (nSPS) is 13.2. The molecule has 0 unspecified atom stereocenters. The standard InChI is InChI=1S/C25H33N5OS/c1-6-18(2)21-12-14-22(15-13-21)26-23(31)17-32-25-28-27-24(19(3)29(4)5)30(25)16-20-10-8-7-9-11-20/h7-15,18-19H,6,16-17H2,1-5H3,(H,26,31)/t18-,19-/m1/s1. The molecule has 3 rings (SSSR count). The predicted molar refractivity (Wildman–Crippen MR) is 132 cm³/mol. The molecule has 0 aliphatic rings. The minimum absolute atomic E-state index is 0.0530. The van der Waals surface area contributed by atoms with Crippen LogP contribution in [0.25, 0.3) is 0 Å². The number of rotatable bonds is 10. The van der Waals surface area contributed by atoms with Gasteiger partial charge in [-0.2, -0.15) is 0 Å². The van der Waals surface area contributed by atoms with Gasteiger partial charge in [0.2, 0.25) is 5.91 Å². The summed E-state index contributed by atoms with van der Waals surface area (Å²) in [7, 11) is 4.05. The molecule has 2 aromatic carbocycles. The molecule has 1 N–H and O–H groups in total. The van der Waals surface area contributed by atoms with E-state index in [-0.39, 0.29) is 17.7 Å². The lowest BCUT2D eigenvalue weighted by Crippen LogP contribution is -2.21. The molecule has 0 saturated heterocycles. The van der Waals surface area contributed by atoms with Crippen LogP contribution in [0.4, 0.5) is 5.69 Å². The zero-order chi connectivity index (χ0) is 23.1. The maximum absolute atomic E-state index is 12.6. The second kappa shape index (κ2) is 11.3. The lowest BCUT2D eigenvalue weighted by atomic mass is 9.99.